The Labute approximate surface area is 162 Å². The molecule has 1 fully saturated rings. The highest BCUT2D eigenvalue weighted by molar-refractivity contribution is 6.31. The zero-order valence-electron chi connectivity index (χ0n) is 14.9. The lowest BCUT2D eigenvalue weighted by Crippen LogP contribution is -2.27. The molecule has 6 heteroatoms. The standard InChI is InChI=1S/C21H19ClN2O3/c1-26-16-8-6-15(7-9-16)21(10-11-21)19(25)24-20-23-13-17(27-20)12-14-4-2-3-5-18(14)22/h2-9,13H,10-12H2,1H3,(H,23,24,25). The van der Waals surface area contributed by atoms with Gasteiger partial charge < -0.3 is 9.15 Å². The first-order valence-corrected chi connectivity index (χ1v) is 9.13. The van der Waals surface area contributed by atoms with E-state index in [2.05, 4.69) is 10.3 Å². The van der Waals surface area contributed by atoms with E-state index in [0.29, 0.717) is 17.2 Å². The summed E-state index contributed by atoms with van der Waals surface area (Å²) in [6, 6.07) is 15.4. The van der Waals surface area contributed by atoms with Gasteiger partial charge in [-0.25, -0.2) is 4.98 Å². The lowest BCUT2D eigenvalue weighted by molar-refractivity contribution is -0.118. The number of amides is 1. The van der Waals surface area contributed by atoms with Gasteiger partial charge in [0.1, 0.15) is 11.5 Å². The lowest BCUT2D eigenvalue weighted by atomic mass is 9.95. The average Bonchev–Trinajstić information content (AvgIpc) is 3.39. The number of hydrogen-bond acceptors (Lipinski definition) is 4. The van der Waals surface area contributed by atoms with Crippen LogP contribution in [0.25, 0.3) is 0 Å². The third-order valence-corrected chi connectivity index (χ3v) is 5.29. The highest BCUT2D eigenvalue weighted by atomic mass is 35.5. The van der Waals surface area contributed by atoms with E-state index in [9.17, 15) is 4.79 Å². The van der Waals surface area contributed by atoms with Crippen LogP contribution in [0.1, 0.15) is 29.7 Å². The number of benzene rings is 2. The predicted octanol–water partition coefficient (Wildman–Crippen LogP) is 4.60. The number of aromatic nitrogens is 1. The molecule has 1 N–H and O–H groups in total. The van der Waals surface area contributed by atoms with Gasteiger partial charge in [0.25, 0.3) is 0 Å². The molecule has 0 atom stereocenters. The summed E-state index contributed by atoms with van der Waals surface area (Å²) in [4.78, 5) is 17.0. The second-order valence-electron chi connectivity index (χ2n) is 6.66. The number of carbonyl (C=O) groups is 1. The summed E-state index contributed by atoms with van der Waals surface area (Å²) in [7, 11) is 1.62. The number of methoxy groups -OCH3 is 1. The summed E-state index contributed by atoms with van der Waals surface area (Å²) in [5.74, 6) is 1.32. The lowest BCUT2D eigenvalue weighted by Gasteiger charge is -2.14. The van der Waals surface area contributed by atoms with Gasteiger partial charge in [-0.05, 0) is 42.2 Å². The van der Waals surface area contributed by atoms with Crippen LogP contribution in [-0.2, 0) is 16.6 Å². The smallest absolute Gasteiger partial charge is 0.301 e. The topological polar surface area (TPSA) is 64.4 Å². The van der Waals surface area contributed by atoms with Gasteiger partial charge in [-0.15, -0.1) is 0 Å². The Morgan fingerprint density at radius 2 is 1.96 bits per heavy atom. The second-order valence-corrected chi connectivity index (χ2v) is 7.07. The molecule has 1 aliphatic carbocycles. The van der Waals surface area contributed by atoms with E-state index >= 15 is 0 Å². The molecule has 1 aliphatic rings. The maximum atomic E-state index is 12.8. The molecule has 0 bridgehead atoms. The van der Waals surface area contributed by atoms with Gasteiger partial charge in [-0.3, -0.25) is 10.1 Å². The van der Waals surface area contributed by atoms with Crippen LogP contribution >= 0.6 is 11.6 Å². The van der Waals surface area contributed by atoms with Crippen molar-refractivity contribution in [1.29, 1.82) is 0 Å². The number of nitrogens with one attached hydrogen (secondary N) is 1. The number of oxazole rings is 1. The molecule has 0 unspecified atom stereocenters. The van der Waals surface area contributed by atoms with Crippen LogP contribution < -0.4 is 10.1 Å². The molecule has 27 heavy (non-hydrogen) atoms. The number of rotatable bonds is 6. The van der Waals surface area contributed by atoms with E-state index < -0.39 is 5.41 Å². The minimum atomic E-state index is -0.510. The molecule has 1 aromatic heterocycles. The van der Waals surface area contributed by atoms with E-state index in [0.717, 1.165) is 29.7 Å². The minimum Gasteiger partial charge on any atom is -0.497 e. The van der Waals surface area contributed by atoms with Gasteiger partial charge in [0.05, 0.1) is 18.7 Å². The SMILES string of the molecule is COc1ccc(C2(C(=O)Nc3ncc(Cc4ccccc4Cl)o3)CC2)cc1. The first-order valence-electron chi connectivity index (χ1n) is 8.75. The van der Waals surface area contributed by atoms with Gasteiger partial charge in [0.2, 0.25) is 5.91 Å². The second kappa shape index (κ2) is 7.08. The number of halogens is 1. The van der Waals surface area contributed by atoms with Gasteiger partial charge in [0, 0.05) is 11.4 Å². The average molecular weight is 383 g/mol. The number of ether oxygens (including phenoxy) is 1. The highest BCUT2D eigenvalue weighted by Gasteiger charge is 2.51. The zero-order valence-corrected chi connectivity index (χ0v) is 15.6. The largest absolute Gasteiger partial charge is 0.497 e. The monoisotopic (exact) mass is 382 g/mol. The summed E-state index contributed by atoms with van der Waals surface area (Å²) in [5, 5.41) is 3.49. The highest BCUT2D eigenvalue weighted by Crippen LogP contribution is 2.49. The summed E-state index contributed by atoms with van der Waals surface area (Å²) in [5.41, 5.74) is 1.41. The van der Waals surface area contributed by atoms with Gasteiger partial charge in [-0.1, -0.05) is 41.9 Å². The molecule has 1 heterocycles. The predicted molar refractivity (Wildman–Crippen MR) is 103 cm³/mol. The van der Waals surface area contributed by atoms with Crippen molar-refractivity contribution in [2.75, 3.05) is 12.4 Å². The van der Waals surface area contributed by atoms with Crippen LogP contribution in [0.5, 0.6) is 5.75 Å². The van der Waals surface area contributed by atoms with E-state index in [1.165, 1.54) is 0 Å². The molecular formula is C21H19ClN2O3. The van der Waals surface area contributed by atoms with Gasteiger partial charge in [-0.2, -0.15) is 0 Å². The molecule has 3 aromatic rings. The van der Waals surface area contributed by atoms with Crippen molar-refractivity contribution >= 4 is 23.5 Å². The number of carbonyl (C=O) groups excluding carboxylic acids is 1. The third kappa shape index (κ3) is 3.55. The third-order valence-electron chi connectivity index (χ3n) is 4.92. The Hall–Kier alpha value is -2.79. The molecule has 2 aromatic carbocycles. The fourth-order valence-electron chi connectivity index (χ4n) is 3.18. The number of nitrogens with zero attached hydrogens (tertiary/aromatic N) is 1. The van der Waals surface area contributed by atoms with Crippen molar-refractivity contribution < 1.29 is 13.9 Å². The van der Waals surface area contributed by atoms with Crippen molar-refractivity contribution in [3.8, 4) is 5.75 Å². The van der Waals surface area contributed by atoms with Gasteiger partial charge >= 0.3 is 6.01 Å². The Bertz CT molecular complexity index is 962. The summed E-state index contributed by atoms with van der Waals surface area (Å²) < 4.78 is 10.9. The van der Waals surface area contributed by atoms with Crippen molar-refractivity contribution in [1.82, 2.24) is 4.98 Å². The Morgan fingerprint density at radius 1 is 1.22 bits per heavy atom. The van der Waals surface area contributed by atoms with E-state index in [4.69, 9.17) is 20.8 Å². The molecule has 0 spiro atoms. The summed E-state index contributed by atoms with van der Waals surface area (Å²) in [6.45, 7) is 0. The summed E-state index contributed by atoms with van der Waals surface area (Å²) >= 11 is 6.18. The molecule has 0 radical (unpaired) electrons. The quantitative estimate of drug-likeness (QED) is 0.676. The van der Waals surface area contributed by atoms with E-state index in [-0.39, 0.29) is 11.9 Å². The maximum absolute atomic E-state index is 12.8. The first kappa shape index (κ1) is 17.6. The molecule has 5 nitrogen and oxygen atoms in total. The fourth-order valence-corrected chi connectivity index (χ4v) is 3.38. The van der Waals surface area contributed by atoms with Crippen LogP contribution in [0.3, 0.4) is 0 Å². The van der Waals surface area contributed by atoms with Crippen molar-refractivity contribution in [2.24, 2.45) is 0 Å². The molecule has 138 valence electrons. The zero-order chi connectivity index (χ0) is 18.9. The Kier molecular flexibility index (Phi) is 4.62. The van der Waals surface area contributed by atoms with Crippen molar-refractivity contribution in [2.45, 2.75) is 24.7 Å². The van der Waals surface area contributed by atoms with Crippen LogP contribution in [0.4, 0.5) is 6.01 Å². The van der Waals surface area contributed by atoms with Crippen LogP contribution in [-0.4, -0.2) is 18.0 Å². The molecule has 0 saturated heterocycles. The number of hydrogen-bond donors (Lipinski definition) is 1. The van der Waals surface area contributed by atoms with Crippen LogP contribution in [0, 0.1) is 0 Å². The van der Waals surface area contributed by atoms with E-state index in [1.807, 2.05) is 48.5 Å². The fraction of sp³-hybridized carbons (Fsp3) is 0.238. The van der Waals surface area contributed by atoms with E-state index in [1.54, 1.807) is 13.3 Å². The Balaban J connectivity index is 1.45. The summed E-state index contributed by atoms with van der Waals surface area (Å²) in [6.07, 6.45) is 3.74. The minimum absolute atomic E-state index is 0.0983. The Morgan fingerprint density at radius 3 is 2.63 bits per heavy atom. The molecule has 4 rings (SSSR count). The maximum Gasteiger partial charge on any atom is 0.301 e. The molecule has 0 aliphatic heterocycles. The van der Waals surface area contributed by atoms with Crippen molar-refractivity contribution in [3.63, 3.8) is 0 Å². The van der Waals surface area contributed by atoms with Crippen LogP contribution in [0.15, 0.2) is 59.1 Å². The first-order chi connectivity index (χ1) is 13.1. The van der Waals surface area contributed by atoms with Crippen LogP contribution in [0.2, 0.25) is 5.02 Å². The molecule has 1 saturated carbocycles. The normalized spacial score (nSPS) is 14.6. The van der Waals surface area contributed by atoms with Crippen molar-refractivity contribution in [3.05, 3.63) is 76.6 Å². The van der Waals surface area contributed by atoms with Gasteiger partial charge in [0.15, 0.2) is 0 Å². The molecule has 1 amide bonds. The number of anilines is 1. The molecular weight excluding hydrogens is 364 g/mol.